The molecule has 0 amide bonds. The van der Waals surface area contributed by atoms with Crippen LogP contribution in [0.3, 0.4) is 0 Å². The zero-order valence-electron chi connectivity index (χ0n) is 12.9. The van der Waals surface area contributed by atoms with Crippen LogP contribution < -0.4 is 0 Å². The Balaban J connectivity index is 2.07. The first-order chi connectivity index (χ1) is 7.74. The topological polar surface area (TPSA) is 0 Å². The average molecular weight is 236 g/mol. The fourth-order valence-electron chi connectivity index (χ4n) is 4.34. The van der Waals surface area contributed by atoms with E-state index in [1.54, 1.807) is 0 Å². The van der Waals surface area contributed by atoms with Crippen LogP contribution in [0.15, 0.2) is 0 Å². The summed E-state index contributed by atoms with van der Waals surface area (Å²) in [6, 6.07) is 0. The van der Waals surface area contributed by atoms with Gasteiger partial charge >= 0.3 is 0 Å². The fourth-order valence-corrected chi connectivity index (χ4v) is 4.34. The minimum atomic E-state index is 0.482. The number of hydrogen-bond donors (Lipinski definition) is 0. The third-order valence-corrected chi connectivity index (χ3v) is 6.78. The summed E-state index contributed by atoms with van der Waals surface area (Å²) < 4.78 is 0. The molecular formula is C17H32. The Morgan fingerprint density at radius 3 is 2.35 bits per heavy atom. The van der Waals surface area contributed by atoms with Gasteiger partial charge in [-0.1, -0.05) is 60.8 Å². The van der Waals surface area contributed by atoms with E-state index in [0.717, 1.165) is 17.3 Å². The average Bonchev–Trinajstić information content (AvgIpc) is 2.92. The lowest BCUT2D eigenvalue weighted by Gasteiger charge is -2.45. The van der Waals surface area contributed by atoms with Crippen LogP contribution in [-0.2, 0) is 0 Å². The van der Waals surface area contributed by atoms with Crippen LogP contribution in [0.5, 0.6) is 0 Å². The summed E-state index contributed by atoms with van der Waals surface area (Å²) in [6.45, 7) is 14.8. The molecule has 0 saturated heterocycles. The molecule has 0 spiro atoms. The van der Waals surface area contributed by atoms with Gasteiger partial charge in [0.25, 0.3) is 0 Å². The Morgan fingerprint density at radius 1 is 1.12 bits per heavy atom. The molecule has 2 aliphatic rings. The molecule has 100 valence electrons. The lowest BCUT2D eigenvalue weighted by Crippen LogP contribution is -2.35. The van der Waals surface area contributed by atoms with Crippen LogP contribution in [-0.4, -0.2) is 0 Å². The molecule has 0 heterocycles. The minimum Gasteiger partial charge on any atom is -0.0649 e. The molecule has 3 atom stereocenters. The molecule has 0 nitrogen and oxygen atoms in total. The molecule has 0 aliphatic heterocycles. The lowest BCUT2D eigenvalue weighted by molar-refractivity contribution is 0.0514. The molecule has 2 fully saturated rings. The summed E-state index contributed by atoms with van der Waals surface area (Å²) in [5.41, 5.74) is 1.73. The summed E-state index contributed by atoms with van der Waals surface area (Å²) in [5.74, 6) is 2.08. The predicted octanol–water partition coefficient (Wildman–Crippen LogP) is 5.67. The minimum absolute atomic E-state index is 0.482. The number of hydrogen-bond acceptors (Lipinski definition) is 0. The van der Waals surface area contributed by atoms with Crippen molar-refractivity contribution >= 4 is 0 Å². The van der Waals surface area contributed by atoms with E-state index in [1.807, 2.05) is 0 Å². The van der Waals surface area contributed by atoms with Crippen LogP contribution in [0.1, 0.15) is 80.1 Å². The van der Waals surface area contributed by atoms with Gasteiger partial charge in [0, 0.05) is 0 Å². The van der Waals surface area contributed by atoms with Crippen LogP contribution in [0.25, 0.3) is 0 Å². The largest absolute Gasteiger partial charge is 0.0649 e. The van der Waals surface area contributed by atoms with E-state index in [-0.39, 0.29) is 0 Å². The van der Waals surface area contributed by atoms with Crippen molar-refractivity contribution in [2.24, 2.45) is 28.1 Å². The Labute approximate surface area is 109 Å². The monoisotopic (exact) mass is 236 g/mol. The third kappa shape index (κ3) is 2.17. The Kier molecular flexibility index (Phi) is 3.16. The van der Waals surface area contributed by atoms with Crippen LogP contribution >= 0.6 is 0 Å². The van der Waals surface area contributed by atoms with Gasteiger partial charge in [0.05, 0.1) is 0 Å². The normalized spacial score (nSPS) is 37.8. The van der Waals surface area contributed by atoms with Gasteiger partial charge in [-0.3, -0.25) is 0 Å². The molecule has 0 aromatic rings. The molecule has 2 rings (SSSR count). The molecule has 17 heavy (non-hydrogen) atoms. The van der Waals surface area contributed by atoms with Gasteiger partial charge in [-0.2, -0.15) is 0 Å². The first-order valence-corrected chi connectivity index (χ1v) is 7.74. The number of fused-ring (bicyclic) bond motifs is 1. The van der Waals surface area contributed by atoms with Crippen molar-refractivity contribution in [3.63, 3.8) is 0 Å². The highest BCUT2D eigenvalue weighted by atomic mass is 14.6. The smallest absolute Gasteiger partial charge is 0.0258 e. The van der Waals surface area contributed by atoms with E-state index in [0.29, 0.717) is 10.8 Å². The van der Waals surface area contributed by atoms with Gasteiger partial charge in [0.15, 0.2) is 0 Å². The zero-order valence-corrected chi connectivity index (χ0v) is 12.9. The summed E-state index contributed by atoms with van der Waals surface area (Å²) in [7, 11) is 0. The van der Waals surface area contributed by atoms with E-state index in [9.17, 15) is 0 Å². The standard InChI is InChI=1S/C17H32/c1-7-15(3,4)16(5,6)12-17-10-8-9-13(2)14(17)11-17/h13-14H,7-12H2,1-6H3. The highest BCUT2D eigenvalue weighted by Gasteiger charge is 2.59. The molecule has 0 heteroatoms. The first-order valence-electron chi connectivity index (χ1n) is 7.74. The Bertz CT molecular complexity index is 286. The zero-order chi connectivity index (χ0) is 12.9. The Hall–Kier alpha value is 0. The molecule has 2 saturated carbocycles. The quantitative estimate of drug-likeness (QED) is 0.590. The van der Waals surface area contributed by atoms with E-state index in [2.05, 4.69) is 41.5 Å². The van der Waals surface area contributed by atoms with Gasteiger partial charge in [-0.05, 0) is 47.3 Å². The maximum absolute atomic E-state index is 2.51. The molecule has 2 aliphatic carbocycles. The molecule has 0 bridgehead atoms. The van der Waals surface area contributed by atoms with Gasteiger partial charge in [0.1, 0.15) is 0 Å². The van der Waals surface area contributed by atoms with Crippen molar-refractivity contribution in [1.82, 2.24) is 0 Å². The van der Waals surface area contributed by atoms with E-state index < -0.39 is 0 Å². The SMILES string of the molecule is CCC(C)(C)C(C)(C)CC12CCCC(C)C1C2. The van der Waals surface area contributed by atoms with Crippen molar-refractivity contribution in [3.05, 3.63) is 0 Å². The summed E-state index contributed by atoms with van der Waals surface area (Å²) in [5, 5.41) is 0. The van der Waals surface area contributed by atoms with Crippen molar-refractivity contribution in [1.29, 1.82) is 0 Å². The highest BCUT2D eigenvalue weighted by molar-refractivity contribution is 5.09. The maximum Gasteiger partial charge on any atom is -0.0258 e. The summed E-state index contributed by atoms with van der Waals surface area (Å²) >= 11 is 0. The van der Waals surface area contributed by atoms with Crippen molar-refractivity contribution in [2.45, 2.75) is 80.1 Å². The number of rotatable bonds is 4. The maximum atomic E-state index is 2.51. The van der Waals surface area contributed by atoms with E-state index >= 15 is 0 Å². The van der Waals surface area contributed by atoms with Crippen molar-refractivity contribution < 1.29 is 0 Å². The molecule has 0 radical (unpaired) electrons. The van der Waals surface area contributed by atoms with E-state index in [4.69, 9.17) is 0 Å². The van der Waals surface area contributed by atoms with Crippen molar-refractivity contribution in [3.8, 4) is 0 Å². The van der Waals surface area contributed by atoms with Gasteiger partial charge in [0.2, 0.25) is 0 Å². The second-order valence-corrected chi connectivity index (χ2v) is 8.34. The van der Waals surface area contributed by atoms with Crippen LogP contribution in [0, 0.1) is 28.1 Å². The van der Waals surface area contributed by atoms with Gasteiger partial charge in [-0.25, -0.2) is 0 Å². The summed E-state index contributed by atoms with van der Waals surface area (Å²) in [4.78, 5) is 0. The second-order valence-electron chi connectivity index (χ2n) is 8.34. The molecule has 0 aromatic carbocycles. The predicted molar refractivity (Wildman–Crippen MR) is 76.0 cm³/mol. The molecular weight excluding hydrogens is 204 g/mol. The lowest BCUT2D eigenvalue weighted by atomic mass is 9.60. The molecule has 3 unspecified atom stereocenters. The summed E-state index contributed by atoms with van der Waals surface area (Å²) in [6.07, 6.45) is 8.80. The second kappa shape index (κ2) is 4.00. The van der Waals surface area contributed by atoms with Crippen LogP contribution in [0.4, 0.5) is 0 Å². The molecule has 0 N–H and O–H groups in total. The van der Waals surface area contributed by atoms with Gasteiger partial charge in [-0.15, -0.1) is 0 Å². The highest BCUT2D eigenvalue weighted by Crippen LogP contribution is 2.69. The van der Waals surface area contributed by atoms with E-state index in [1.165, 1.54) is 38.5 Å². The third-order valence-electron chi connectivity index (χ3n) is 6.78. The van der Waals surface area contributed by atoms with Crippen LogP contribution in [0.2, 0.25) is 0 Å². The van der Waals surface area contributed by atoms with Crippen molar-refractivity contribution in [2.75, 3.05) is 0 Å². The van der Waals surface area contributed by atoms with Gasteiger partial charge < -0.3 is 0 Å². The fraction of sp³-hybridized carbons (Fsp3) is 1.00. The first kappa shape index (κ1) is 13.4. The molecule has 0 aromatic heterocycles. The Morgan fingerprint density at radius 2 is 1.76 bits per heavy atom.